The first-order valence-corrected chi connectivity index (χ1v) is 9.44. The number of hydrogen-bond acceptors (Lipinski definition) is 4. The maximum Gasteiger partial charge on any atom is 0.257 e. The number of rotatable bonds is 4. The smallest absolute Gasteiger partial charge is 0.257 e. The van der Waals surface area contributed by atoms with Crippen LogP contribution in [-0.2, 0) is 0 Å². The van der Waals surface area contributed by atoms with E-state index in [1.165, 1.54) is 12.1 Å². The van der Waals surface area contributed by atoms with Gasteiger partial charge in [-0.1, -0.05) is 0 Å². The molecule has 0 aliphatic carbocycles. The highest BCUT2D eigenvalue weighted by Crippen LogP contribution is 2.31. The number of piperidine rings is 1. The summed E-state index contributed by atoms with van der Waals surface area (Å²) in [5.41, 5.74) is 2.44. The number of carbonyl (C=O) groups is 1. The molecule has 3 aromatic rings. The molecule has 28 heavy (non-hydrogen) atoms. The van der Waals surface area contributed by atoms with E-state index in [-0.39, 0.29) is 11.7 Å². The van der Waals surface area contributed by atoms with E-state index >= 15 is 0 Å². The maximum atomic E-state index is 14.0. The predicted octanol–water partition coefficient (Wildman–Crippen LogP) is 4.75. The van der Waals surface area contributed by atoms with Crippen LogP contribution in [0.3, 0.4) is 0 Å². The van der Waals surface area contributed by atoms with Crippen LogP contribution in [0.15, 0.2) is 48.7 Å². The van der Waals surface area contributed by atoms with Gasteiger partial charge in [0, 0.05) is 30.4 Å². The molecule has 0 bridgehead atoms. The molecule has 1 saturated heterocycles. The molecule has 1 aromatic heterocycles. The quantitative estimate of drug-likeness (QED) is 0.711. The lowest BCUT2D eigenvalue weighted by Gasteiger charge is -2.27. The highest BCUT2D eigenvalue weighted by molar-refractivity contribution is 6.08. The number of nitrogens with zero attached hydrogens (tertiary/aromatic N) is 2. The zero-order valence-electron chi connectivity index (χ0n) is 15.7. The van der Waals surface area contributed by atoms with Crippen molar-refractivity contribution in [2.45, 2.75) is 19.3 Å². The lowest BCUT2D eigenvalue weighted by Crippen LogP contribution is -2.36. The Morgan fingerprint density at radius 2 is 1.86 bits per heavy atom. The van der Waals surface area contributed by atoms with Crippen LogP contribution in [0.4, 0.5) is 15.8 Å². The zero-order chi connectivity index (χ0) is 19.5. The molecular formula is C22H22FN3O2. The first kappa shape index (κ1) is 18.2. The third-order valence-corrected chi connectivity index (χ3v) is 5.06. The van der Waals surface area contributed by atoms with Gasteiger partial charge >= 0.3 is 0 Å². The van der Waals surface area contributed by atoms with Crippen molar-refractivity contribution < 1.29 is 13.9 Å². The number of benzene rings is 2. The summed E-state index contributed by atoms with van der Waals surface area (Å²) in [6, 6.07) is 11.8. The molecule has 2 heterocycles. The molecular weight excluding hydrogens is 357 g/mol. The number of aromatic nitrogens is 1. The van der Waals surface area contributed by atoms with E-state index in [0.717, 1.165) is 43.8 Å². The van der Waals surface area contributed by atoms with Crippen molar-refractivity contribution in [1.82, 2.24) is 9.88 Å². The molecule has 1 aliphatic rings. The van der Waals surface area contributed by atoms with Crippen molar-refractivity contribution in [3.8, 4) is 5.75 Å². The van der Waals surface area contributed by atoms with E-state index < -0.39 is 0 Å². The SMILES string of the molecule is COc1ccc(Nc2c(C(=O)N3CCCCC3)cnc3ccc(F)cc23)cc1. The maximum absolute atomic E-state index is 14.0. The molecule has 0 atom stereocenters. The summed E-state index contributed by atoms with van der Waals surface area (Å²) in [5, 5.41) is 3.89. The summed E-state index contributed by atoms with van der Waals surface area (Å²) in [6.45, 7) is 1.48. The van der Waals surface area contributed by atoms with E-state index in [0.29, 0.717) is 22.2 Å². The van der Waals surface area contributed by atoms with Crippen LogP contribution in [0.25, 0.3) is 10.9 Å². The second-order valence-electron chi connectivity index (χ2n) is 6.91. The van der Waals surface area contributed by atoms with Crippen LogP contribution in [0.5, 0.6) is 5.75 Å². The number of ether oxygens (including phenoxy) is 1. The minimum Gasteiger partial charge on any atom is -0.497 e. The third-order valence-electron chi connectivity index (χ3n) is 5.06. The van der Waals surface area contributed by atoms with Crippen LogP contribution in [0.1, 0.15) is 29.6 Å². The van der Waals surface area contributed by atoms with E-state index in [4.69, 9.17) is 4.74 Å². The molecule has 1 fully saturated rings. The van der Waals surface area contributed by atoms with E-state index in [1.807, 2.05) is 29.2 Å². The average Bonchev–Trinajstić information content (AvgIpc) is 2.75. The van der Waals surface area contributed by atoms with Gasteiger partial charge < -0.3 is 15.0 Å². The predicted molar refractivity (Wildman–Crippen MR) is 108 cm³/mol. The van der Waals surface area contributed by atoms with Crippen molar-refractivity contribution in [1.29, 1.82) is 0 Å². The molecule has 4 rings (SSSR count). The molecule has 1 amide bonds. The molecule has 0 unspecified atom stereocenters. The molecule has 2 aromatic carbocycles. The number of amides is 1. The Morgan fingerprint density at radius 3 is 2.57 bits per heavy atom. The summed E-state index contributed by atoms with van der Waals surface area (Å²) < 4.78 is 19.2. The second-order valence-corrected chi connectivity index (χ2v) is 6.91. The summed E-state index contributed by atoms with van der Waals surface area (Å²) >= 11 is 0. The molecule has 0 radical (unpaired) electrons. The normalized spacial score (nSPS) is 14.1. The van der Waals surface area contributed by atoms with Gasteiger partial charge in [0.1, 0.15) is 11.6 Å². The van der Waals surface area contributed by atoms with Gasteiger partial charge in [-0.05, 0) is 61.7 Å². The molecule has 6 heteroatoms. The van der Waals surface area contributed by atoms with Gasteiger partial charge in [0.15, 0.2) is 0 Å². The van der Waals surface area contributed by atoms with Gasteiger partial charge in [0.25, 0.3) is 5.91 Å². The fourth-order valence-corrected chi connectivity index (χ4v) is 3.55. The topological polar surface area (TPSA) is 54.5 Å². The van der Waals surface area contributed by atoms with Gasteiger partial charge in [-0.15, -0.1) is 0 Å². The minimum atomic E-state index is -0.366. The standard InChI is InChI=1S/C22H22FN3O2/c1-28-17-8-6-16(7-9-17)25-21-18-13-15(23)5-10-20(18)24-14-19(21)22(27)26-11-3-2-4-12-26/h5-10,13-14H,2-4,11-12H2,1H3,(H,24,25). The average molecular weight is 379 g/mol. The van der Waals surface area contributed by atoms with Crippen LogP contribution in [-0.4, -0.2) is 36.0 Å². The van der Waals surface area contributed by atoms with Crippen LogP contribution in [0, 0.1) is 5.82 Å². The Balaban J connectivity index is 1.79. The van der Waals surface area contributed by atoms with Gasteiger partial charge in [0.2, 0.25) is 0 Å². The lowest BCUT2D eigenvalue weighted by molar-refractivity contribution is 0.0725. The number of halogens is 1. The van der Waals surface area contributed by atoms with Gasteiger partial charge in [-0.2, -0.15) is 0 Å². The number of likely N-dealkylation sites (tertiary alicyclic amines) is 1. The Morgan fingerprint density at radius 1 is 1.11 bits per heavy atom. The lowest BCUT2D eigenvalue weighted by atomic mass is 10.1. The van der Waals surface area contributed by atoms with Gasteiger partial charge in [0.05, 0.1) is 23.9 Å². The molecule has 1 aliphatic heterocycles. The first-order valence-electron chi connectivity index (χ1n) is 9.44. The Bertz CT molecular complexity index is 999. The highest BCUT2D eigenvalue weighted by Gasteiger charge is 2.23. The van der Waals surface area contributed by atoms with Crippen molar-refractivity contribution in [2.75, 3.05) is 25.5 Å². The number of nitrogens with one attached hydrogen (secondary N) is 1. The van der Waals surface area contributed by atoms with Crippen molar-refractivity contribution >= 4 is 28.2 Å². The fraction of sp³-hybridized carbons (Fsp3) is 0.273. The Labute approximate surface area is 163 Å². The van der Waals surface area contributed by atoms with E-state index in [2.05, 4.69) is 10.3 Å². The first-order chi connectivity index (χ1) is 13.7. The Hall–Kier alpha value is -3.15. The summed E-state index contributed by atoms with van der Waals surface area (Å²) in [5.74, 6) is 0.296. The molecule has 1 N–H and O–H groups in total. The van der Waals surface area contributed by atoms with Crippen LogP contribution < -0.4 is 10.1 Å². The second kappa shape index (κ2) is 7.84. The molecule has 0 saturated carbocycles. The third kappa shape index (κ3) is 3.63. The fourth-order valence-electron chi connectivity index (χ4n) is 3.55. The zero-order valence-corrected chi connectivity index (χ0v) is 15.7. The number of pyridine rings is 1. The molecule has 144 valence electrons. The summed E-state index contributed by atoms with van der Waals surface area (Å²) in [7, 11) is 1.61. The number of carbonyl (C=O) groups excluding carboxylic acids is 1. The van der Waals surface area contributed by atoms with E-state index in [9.17, 15) is 9.18 Å². The van der Waals surface area contributed by atoms with E-state index in [1.54, 1.807) is 19.4 Å². The highest BCUT2D eigenvalue weighted by atomic mass is 19.1. The van der Waals surface area contributed by atoms with Crippen LogP contribution >= 0.6 is 0 Å². The number of fused-ring (bicyclic) bond motifs is 1. The Kier molecular flexibility index (Phi) is 5.10. The van der Waals surface area contributed by atoms with Crippen molar-refractivity contribution in [3.05, 3.63) is 60.0 Å². The van der Waals surface area contributed by atoms with Gasteiger partial charge in [-0.25, -0.2) is 4.39 Å². The number of anilines is 2. The monoisotopic (exact) mass is 379 g/mol. The molecule has 5 nitrogen and oxygen atoms in total. The minimum absolute atomic E-state index is 0.0747. The molecule has 0 spiro atoms. The largest absolute Gasteiger partial charge is 0.497 e. The number of hydrogen-bond donors (Lipinski definition) is 1. The van der Waals surface area contributed by atoms with Gasteiger partial charge in [-0.3, -0.25) is 9.78 Å². The number of methoxy groups -OCH3 is 1. The van der Waals surface area contributed by atoms with Crippen molar-refractivity contribution in [2.24, 2.45) is 0 Å². The summed E-state index contributed by atoms with van der Waals surface area (Å²) in [6.07, 6.45) is 4.73. The summed E-state index contributed by atoms with van der Waals surface area (Å²) in [4.78, 5) is 19.4. The van der Waals surface area contributed by atoms with Crippen molar-refractivity contribution in [3.63, 3.8) is 0 Å². The van der Waals surface area contributed by atoms with Crippen LogP contribution in [0.2, 0.25) is 0 Å².